The van der Waals surface area contributed by atoms with Gasteiger partial charge in [0, 0.05) is 50.8 Å². The summed E-state index contributed by atoms with van der Waals surface area (Å²) < 4.78 is 0. The number of carbonyl (C=O) groups excluding carboxylic acids is 1. The molecular formula is C18H29N3O3. The van der Waals surface area contributed by atoms with Crippen LogP contribution in [-0.2, 0) is 0 Å². The van der Waals surface area contributed by atoms with E-state index in [1.165, 1.54) is 12.1 Å². The highest BCUT2D eigenvalue weighted by molar-refractivity contribution is 5.94. The van der Waals surface area contributed by atoms with Crippen molar-refractivity contribution in [3.05, 3.63) is 29.8 Å². The van der Waals surface area contributed by atoms with Crippen LogP contribution in [0.15, 0.2) is 24.3 Å². The quantitative estimate of drug-likeness (QED) is 0.762. The number of hydrogen-bond acceptors (Lipinski definition) is 5. The summed E-state index contributed by atoms with van der Waals surface area (Å²) in [6.07, 6.45) is 0. The number of amides is 1. The molecule has 1 aliphatic rings. The number of carbonyl (C=O) groups is 1. The van der Waals surface area contributed by atoms with Crippen molar-refractivity contribution in [1.82, 2.24) is 14.7 Å². The Morgan fingerprint density at radius 3 is 2.33 bits per heavy atom. The lowest BCUT2D eigenvalue weighted by Gasteiger charge is -2.25. The molecule has 1 fully saturated rings. The maximum atomic E-state index is 12.6. The molecule has 6 heteroatoms. The minimum Gasteiger partial charge on any atom is -0.508 e. The van der Waals surface area contributed by atoms with E-state index in [0.29, 0.717) is 18.7 Å². The van der Waals surface area contributed by atoms with Crippen molar-refractivity contribution in [3.63, 3.8) is 0 Å². The minimum absolute atomic E-state index is 0.0353. The molecule has 1 aromatic carbocycles. The van der Waals surface area contributed by atoms with Gasteiger partial charge in [0.2, 0.25) is 0 Å². The van der Waals surface area contributed by atoms with E-state index in [0.717, 1.165) is 19.6 Å². The first-order valence-corrected chi connectivity index (χ1v) is 8.43. The number of phenols is 1. The van der Waals surface area contributed by atoms with Crippen LogP contribution in [0.25, 0.3) is 0 Å². The van der Waals surface area contributed by atoms with E-state index < -0.39 is 0 Å². The van der Waals surface area contributed by atoms with Crippen LogP contribution in [0.2, 0.25) is 0 Å². The predicted molar refractivity (Wildman–Crippen MR) is 94.1 cm³/mol. The second-order valence-corrected chi connectivity index (χ2v) is 7.03. The average molecular weight is 335 g/mol. The molecule has 1 heterocycles. The second kappa shape index (κ2) is 8.46. The van der Waals surface area contributed by atoms with Crippen molar-refractivity contribution in [2.45, 2.75) is 0 Å². The van der Waals surface area contributed by atoms with Gasteiger partial charge in [0.25, 0.3) is 5.91 Å². The molecule has 6 nitrogen and oxygen atoms in total. The molecule has 1 aromatic rings. The van der Waals surface area contributed by atoms with Crippen LogP contribution in [0, 0.1) is 11.8 Å². The van der Waals surface area contributed by atoms with Crippen LogP contribution in [0.5, 0.6) is 5.75 Å². The van der Waals surface area contributed by atoms with Gasteiger partial charge in [-0.1, -0.05) is 0 Å². The zero-order chi connectivity index (χ0) is 17.7. The predicted octanol–water partition coefficient (Wildman–Crippen LogP) is 0.566. The Balaban J connectivity index is 1.95. The molecule has 134 valence electrons. The van der Waals surface area contributed by atoms with E-state index in [9.17, 15) is 15.0 Å². The van der Waals surface area contributed by atoms with E-state index in [2.05, 4.69) is 30.9 Å². The van der Waals surface area contributed by atoms with Gasteiger partial charge in [-0.15, -0.1) is 0 Å². The summed E-state index contributed by atoms with van der Waals surface area (Å²) in [6.45, 7) is 4.18. The topological polar surface area (TPSA) is 67.2 Å². The first-order valence-electron chi connectivity index (χ1n) is 8.43. The van der Waals surface area contributed by atoms with Crippen LogP contribution in [0.1, 0.15) is 10.4 Å². The van der Waals surface area contributed by atoms with E-state index in [-0.39, 0.29) is 30.1 Å². The second-order valence-electron chi connectivity index (χ2n) is 7.03. The molecule has 1 aliphatic heterocycles. The number of likely N-dealkylation sites (N-methyl/N-ethyl adjacent to an activating group) is 2. The molecule has 0 spiro atoms. The lowest BCUT2D eigenvalue weighted by molar-refractivity contribution is 0.0779. The maximum Gasteiger partial charge on any atom is 0.253 e. The molecule has 2 rings (SSSR count). The molecule has 0 unspecified atom stereocenters. The van der Waals surface area contributed by atoms with Crippen molar-refractivity contribution < 1.29 is 15.0 Å². The summed E-state index contributed by atoms with van der Waals surface area (Å²) in [5, 5.41) is 19.0. The minimum atomic E-state index is -0.0353. The zero-order valence-corrected chi connectivity index (χ0v) is 14.9. The largest absolute Gasteiger partial charge is 0.508 e. The summed E-state index contributed by atoms with van der Waals surface area (Å²) >= 11 is 0. The van der Waals surface area contributed by atoms with Crippen LogP contribution in [0.3, 0.4) is 0 Å². The first kappa shape index (κ1) is 18.7. The van der Waals surface area contributed by atoms with Gasteiger partial charge >= 0.3 is 0 Å². The van der Waals surface area contributed by atoms with Gasteiger partial charge in [-0.2, -0.15) is 0 Å². The summed E-state index contributed by atoms with van der Waals surface area (Å²) in [5.41, 5.74) is 0.575. The number of aliphatic hydroxyl groups excluding tert-OH is 1. The van der Waals surface area contributed by atoms with E-state index in [4.69, 9.17) is 0 Å². The fourth-order valence-electron chi connectivity index (χ4n) is 3.17. The number of rotatable bonds is 7. The fraction of sp³-hybridized carbons (Fsp3) is 0.611. The molecule has 0 saturated carbocycles. The standard InChI is InChI=1S/C18H29N3O3/c1-19(2)8-9-20(3)10-15-11-21(12-16(15)13-22)18(24)14-4-6-17(23)7-5-14/h4-7,15-16,22-23H,8-13H2,1-3H3/t15-,16-/m1/s1. The monoisotopic (exact) mass is 335 g/mol. The highest BCUT2D eigenvalue weighted by Crippen LogP contribution is 2.25. The van der Waals surface area contributed by atoms with Crippen LogP contribution < -0.4 is 0 Å². The number of hydrogen-bond donors (Lipinski definition) is 2. The Labute approximate surface area is 144 Å². The van der Waals surface area contributed by atoms with Gasteiger partial charge in [-0.3, -0.25) is 4.79 Å². The molecule has 24 heavy (non-hydrogen) atoms. The van der Waals surface area contributed by atoms with Gasteiger partial charge < -0.3 is 24.9 Å². The smallest absolute Gasteiger partial charge is 0.253 e. The van der Waals surface area contributed by atoms with Gasteiger partial charge in [0.15, 0.2) is 0 Å². The van der Waals surface area contributed by atoms with Crippen LogP contribution in [0.4, 0.5) is 0 Å². The molecule has 0 aromatic heterocycles. The molecular weight excluding hydrogens is 306 g/mol. The van der Waals surface area contributed by atoms with Gasteiger partial charge in [0.1, 0.15) is 5.75 Å². The third kappa shape index (κ3) is 4.93. The summed E-state index contributed by atoms with van der Waals surface area (Å²) in [5.74, 6) is 0.518. The fourth-order valence-corrected chi connectivity index (χ4v) is 3.17. The maximum absolute atomic E-state index is 12.6. The van der Waals surface area contributed by atoms with E-state index in [1.807, 2.05) is 4.90 Å². The summed E-state index contributed by atoms with van der Waals surface area (Å²) in [4.78, 5) is 18.8. The van der Waals surface area contributed by atoms with Gasteiger partial charge in [-0.25, -0.2) is 0 Å². The number of aromatic hydroxyl groups is 1. The molecule has 2 N–H and O–H groups in total. The molecule has 0 radical (unpaired) electrons. The number of aliphatic hydroxyl groups is 1. The SMILES string of the molecule is CN(C)CCN(C)C[C@@H]1CN(C(=O)c2ccc(O)cc2)C[C@@H]1CO. The Bertz CT molecular complexity index is 533. The lowest BCUT2D eigenvalue weighted by atomic mass is 9.96. The normalized spacial score (nSPS) is 21.0. The Kier molecular flexibility index (Phi) is 6.60. The van der Waals surface area contributed by atoms with E-state index >= 15 is 0 Å². The number of benzene rings is 1. The molecule has 0 bridgehead atoms. The van der Waals surface area contributed by atoms with Crippen LogP contribution in [-0.4, -0.2) is 91.3 Å². The third-order valence-electron chi connectivity index (χ3n) is 4.69. The van der Waals surface area contributed by atoms with Crippen molar-refractivity contribution in [2.75, 3.05) is 60.5 Å². The molecule has 1 saturated heterocycles. The third-order valence-corrected chi connectivity index (χ3v) is 4.69. The van der Waals surface area contributed by atoms with Crippen molar-refractivity contribution >= 4 is 5.91 Å². The Morgan fingerprint density at radius 1 is 1.12 bits per heavy atom. The van der Waals surface area contributed by atoms with Crippen LogP contribution >= 0.6 is 0 Å². The van der Waals surface area contributed by atoms with Crippen molar-refractivity contribution in [1.29, 1.82) is 0 Å². The highest BCUT2D eigenvalue weighted by atomic mass is 16.3. The van der Waals surface area contributed by atoms with Crippen molar-refractivity contribution in [3.8, 4) is 5.75 Å². The van der Waals surface area contributed by atoms with Crippen molar-refractivity contribution in [2.24, 2.45) is 11.8 Å². The molecule has 1 amide bonds. The Morgan fingerprint density at radius 2 is 1.75 bits per heavy atom. The number of nitrogens with zero attached hydrogens (tertiary/aromatic N) is 3. The highest BCUT2D eigenvalue weighted by Gasteiger charge is 2.35. The molecule has 0 aliphatic carbocycles. The average Bonchev–Trinajstić information content (AvgIpc) is 2.96. The number of likely N-dealkylation sites (tertiary alicyclic amines) is 1. The Hall–Kier alpha value is -1.63. The zero-order valence-electron chi connectivity index (χ0n) is 14.9. The van der Waals surface area contributed by atoms with E-state index in [1.54, 1.807) is 12.1 Å². The van der Waals surface area contributed by atoms with Gasteiger partial charge in [-0.05, 0) is 51.3 Å². The molecule has 2 atom stereocenters. The summed E-state index contributed by atoms with van der Waals surface area (Å²) in [7, 11) is 6.19. The van der Waals surface area contributed by atoms with Gasteiger partial charge in [0.05, 0.1) is 0 Å². The lowest BCUT2D eigenvalue weighted by Crippen LogP contribution is -2.35. The summed E-state index contributed by atoms with van der Waals surface area (Å²) in [6, 6.07) is 6.34. The number of phenolic OH excluding ortho intramolecular Hbond substituents is 1. The first-order chi connectivity index (χ1) is 11.4.